The van der Waals surface area contributed by atoms with Crippen LogP contribution in [0.1, 0.15) is 6.42 Å². The van der Waals surface area contributed by atoms with Crippen molar-refractivity contribution in [2.24, 2.45) is 0 Å². The summed E-state index contributed by atoms with van der Waals surface area (Å²) >= 11 is 0. The lowest BCUT2D eigenvalue weighted by Gasteiger charge is -2.26. The molecule has 0 rings (SSSR count). The quantitative estimate of drug-likeness (QED) is 0.426. The highest BCUT2D eigenvalue weighted by atomic mass is 15.2. The molecule has 0 aliphatic carbocycles. The number of allylic oxidation sites excluding steroid dienone is 3. The molecule has 0 aliphatic heterocycles. The molecule has 0 spiro atoms. The Kier molecular flexibility index (Phi) is 12.0. The van der Waals surface area contributed by atoms with E-state index in [0.29, 0.717) is 0 Å². The fourth-order valence-corrected chi connectivity index (χ4v) is 2.07. The smallest absolute Gasteiger partial charge is 0.0351 e. The molecule has 0 aliphatic rings. The summed E-state index contributed by atoms with van der Waals surface area (Å²) in [6, 6.07) is 0. The first-order valence-corrected chi connectivity index (χ1v) is 8.29. The molecule has 0 atom stereocenters. The summed E-state index contributed by atoms with van der Waals surface area (Å²) < 4.78 is 0. The van der Waals surface area contributed by atoms with Gasteiger partial charge in [0.1, 0.15) is 0 Å². The van der Waals surface area contributed by atoms with Crippen LogP contribution >= 0.6 is 0 Å². The minimum Gasteiger partial charge on any atom is -0.384 e. The Labute approximate surface area is 148 Å². The molecule has 0 fully saturated rings. The maximum Gasteiger partial charge on any atom is 0.0351 e. The van der Waals surface area contributed by atoms with Crippen molar-refractivity contribution >= 4 is 0 Å². The molecule has 0 saturated carbocycles. The molecule has 0 aromatic heterocycles. The van der Waals surface area contributed by atoms with Crippen molar-refractivity contribution in [3.8, 4) is 0 Å². The third-order valence-electron chi connectivity index (χ3n) is 3.68. The fraction of sp³-hybridized carbons (Fsp3) is 0.400. The minimum atomic E-state index is 0.807. The van der Waals surface area contributed by atoms with Crippen LogP contribution in [0.5, 0.6) is 0 Å². The lowest BCUT2D eigenvalue weighted by molar-refractivity contribution is 0.289. The molecule has 134 valence electrons. The van der Waals surface area contributed by atoms with E-state index in [1.807, 2.05) is 0 Å². The second kappa shape index (κ2) is 13.3. The van der Waals surface area contributed by atoms with Crippen LogP contribution in [0.4, 0.5) is 0 Å². The Morgan fingerprint density at radius 2 is 1.33 bits per heavy atom. The molecule has 0 aromatic rings. The van der Waals surface area contributed by atoms with Gasteiger partial charge in [0.15, 0.2) is 0 Å². The molecule has 0 bridgehead atoms. The molecular weight excluding hydrogens is 296 g/mol. The van der Waals surface area contributed by atoms with E-state index in [-0.39, 0.29) is 0 Å². The first kappa shape index (κ1) is 21.8. The standard InChI is InChI=1S/C20H34N4/c1-8-18(4)21-12-16-23(7)14-11-15-24(20(6)10-3)17-13-22-19(5)9-2/h8-10,21-22H,1-6,11-17H2,7H3. The fourth-order valence-electron chi connectivity index (χ4n) is 2.07. The van der Waals surface area contributed by atoms with Gasteiger partial charge in [-0.25, -0.2) is 0 Å². The zero-order chi connectivity index (χ0) is 18.4. The van der Waals surface area contributed by atoms with E-state index >= 15 is 0 Å². The van der Waals surface area contributed by atoms with Gasteiger partial charge >= 0.3 is 0 Å². The van der Waals surface area contributed by atoms with E-state index in [1.54, 1.807) is 18.2 Å². The first-order chi connectivity index (χ1) is 11.4. The van der Waals surface area contributed by atoms with Gasteiger partial charge in [0.2, 0.25) is 0 Å². The molecule has 0 radical (unpaired) electrons. The zero-order valence-corrected chi connectivity index (χ0v) is 15.3. The van der Waals surface area contributed by atoms with Gasteiger partial charge in [-0.3, -0.25) is 0 Å². The largest absolute Gasteiger partial charge is 0.384 e. The summed E-state index contributed by atoms with van der Waals surface area (Å²) in [5, 5.41) is 6.44. The Bertz CT molecular complexity index is 451. The van der Waals surface area contributed by atoms with Gasteiger partial charge in [0, 0.05) is 49.8 Å². The highest BCUT2D eigenvalue weighted by Crippen LogP contribution is 2.04. The monoisotopic (exact) mass is 330 g/mol. The van der Waals surface area contributed by atoms with E-state index in [0.717, 1.165) is 62.8 Å². The maximum absolute atomic E-state index is 4.06. The minimum absolute atomic E-state index is 0.807. The van der Waals surface area contributed by atoms with Gasteiger partial charge in [-0.15, -0.1) is 0 Å². The van der Waals surface area contributed by atoms with Crippen molar-refractivity contribution in [3.63, 3.8) is 0 Å². The van der Waals surface area contributed by atoms with Gasteiger partial charge in [-0.2, -0.15) is 0 Å². The molecule has 4 heteroatoms. The van der Waals surface area contributed by atoms with Crippen LogP contribution in [0.15, 0.2) is 74.8 Å². The summed E-state index contributed by atoms with van der Waals surface area (Å²) in [6.07, 6.45) is 6.32. The third-order valence-corrected chi connectivity index (χ3v) is 3.68. The van der Waals surface area contributed by atoms with Crippen LogP contribution in [0.3, 0.4) is 0 Å². The van der Waals surface area contributed by atoms with Crippen molar-refractivity contribution in [2.45, 2.75) is 6.42 Å². The SMILES string of the molecule is C=CC(=C)NCCN(C)CCCN(CCNC(=C)C=C)C(=C)C=C. The summed E-state index contributed by atoms with van der Waals surface area (Å²) in [5.74, 6) is 0. The van der Waals surface area contributed by atoms with Crippen LogP contribution in [0.2, 0.25) is 0 Å². The molecule has 0 aromatic carbocycles. The topological polar surface area (TPSA) is 30.5 Å². The number of hydrogen-bond donors (Lipinski definition) is 2. The van der Waals surface area contributed by atoms with Gasteiger partial charge in [0.05, 0.1) is 0 Å². The van der Waals surface area contributed by atoms with E-state index in [1.165, 1.54) is 0 Å². The molecule has 2 N–H and O–H groups in total. The average molecular weight is 331 g/mol. The lowest BCUT2D eigenvalue weighted by Crippen LogP contribution is -2.34. The normalized spacial score (nSPS) is 9.92. The first-order valence-electron chi connectivity index (χ1n) is 8.29. The molecule has 0 saturated heterocycles. The molecule has 4 nitrogen and oxygen atoms in total. The molecule has 0 heterocycles. The average Bonchev–Trinajstić information content (AvgIpc) is 2.59. The highest BCUT2D eigenvalue weighted by Gasteiger charge is 2.06. The highest BCUT2D eigenvalue weighted by molar-refractivity contribution is 5.11. The van der Waals surface area contributed by atoms with Crippen molar-refractivity contribution in [1.82, 2.24) is 20.4 Å². The van der Waals surface area contributed by atoms with Crippen molar-refractivity contribution in [1.29, 1.82) is 0 Å². The predicted molar refractivity (Wildman–Crippen MR) is 108 cm³/mol. The number of rotatable bonds is 16. The zero-order valence-electron chi connectivity index (χ0n) is 15.3. The molecular formula is C20H34N4. The Balaban J connectivity index is 4.08. The van der Waals surface area contributed by atoms with Gasteiger partial charge in [-0.05, 0) is 38.2 Å². The Morgan fingerprint density at radius 3 is 1.83 bits per heavy atom. The summed E-state index contributed by atoms with van der Waals surface area (Å²) in [7, 11) is 2.13. The van der Waals surface area contributed by atoms with Crippen molar-refractivity contribution < 1.29 is 0 Å². The van der Waals surface area contributed by atoms with E-state index in [4.69, 9.17) is 0 Å². The van der Waals surface area contributed by atoms with Crippen LogP contribution in [-0.2, 0) is 0 Å². The van der Waals surface area contributed by atoms with Crippen LogP contribution < -0.4 is 10.6 Å². The third kappa shape index (κ3) is 10.5. The molecule has 24 heavy (non-hydrogen) atoms. The molecule has 0 unspecified atom stereocenters. The maximum atomic E-state index is 4.06. The lowest BCUT2D eigenvalue weighted by atomic mass is 10.3. The van der Waals surface area contributed by atoms with Crippen molar-refractivity contribution in [3.05, 3.63) is 74.8 Å². The van der Waals surface area contributed by atoms with E-state index in [9.17, 15) is 0 Å². The number of nitrogens with zero attached hydrogens (tertiary/aromatic N) is 2. The van der Waals surface area contributed by atoms with E-state index in [2.05, 4.69) is 67.0 Å². The van der Waals surface area contributed by atoms with Crippen LogP contribution in [-0.4, -0.2) is 56.1 Å². The number of hydrogen-bond acceptors (Lipinski definition) is 4. The van der Waals surface area contributed by atoms with Gasteiger partial charge in [0.25, 0.3) is 0 Å². The number of nitrogens with one attached hydrogen (secondary N) is 2. The number of likely N-dealkylation sites (N-methyl/N-ethyl adjacent to an activating group) is 1. The predicted octanol–water partition coefficient (Wildman–Crippen LogP) is 2.89. The van der Waals surface area contributed by atoms with Crippen molar-refractivity contribution in [2.75, 3.05) is 46.3 Å². The van der Waals surface area contributed by atoms with Gasteiger partial charge in [-0.1, -0.05) is 39.5 Å². The van der Waals surface area contributed by atoms with E-state index < -0.39 is 0 Å². The summed E-state index contributed by atoms with van der Waals surface area (Å²) in [4.78, 5) is 4.54. The Morgan fingerprint density at radius 1 is 0.792 bits per heavy atom. The van der Waals surface area contributed by atoms with Crippen LogP contribution in [0.25, 0.3) is 0 Å². The molecule has 0 amide bonds. The summed E-state index contributed by atoms with van der Waals surface area (Å²) in [6.45, 7) is 28.4. The van der Waals surface area contributed by atoms with Gasteiger partial charge < -0.3 is 20.4 Å². The second-order valence-electron chi connectivity index (χ2n) is 5.65. The second-order valence-corrected chi connectivity index (χ2v) is 5.65. The van der Waals surface area contributed by atoms with Crippen LogP contribution in [0, 0.1) is 0 Å². The summed E-state index contributed by atoms with van der Waals surface area (Å²) in [5.41, 5.74) is 2.66. The Hall–Kier alpha value is -2.20.